The summed E-state index contributed by atoms with van der Waals surface area (Å²) in [5, 5.41) is 0. The molecule has 0 bridgehead atoms. The number of piperidine rings is 1. The lowest BCUT2D eigenvalue weighted by molar-refractivity contribution is -0.0298. The van der Waals surface area contributed by atoms with Crippen molar-refractivity contribution in [2.24, 2.45) is 23.2 Å². The van der Waals surface area contributed by atoms with Crippen LogP contribution in [0.3, 0.4) is 0 Å². The molecule has 3 heterocycles. The van der Waals surface area contributed by atoms with Gasteiger partial charge in [-0.05, 0) is 117 Å². The van der Waals surface area contributed by atoms with Gasteiger partial charge in [0.1, 0.15) is 0 Å². The molecule has 0 N–H and O–H groups in total. The summed E-state index contributed by atoms with van der Waals surface area (Å²) in [5.74, 6) is 1.62. The van der Waals surface area contributed by atoms with Crippen LogP contribution in [0.2, 0.25) is 0 Å². The number of sulfonamides is 1. The van der Waals surface area contributed by atoms with E-state index in [0.29, 0.717) is 41.8 Å². The number of aryl methyl sites for hydroxylation is 1. The molecule has 1 aromatic rings. The number of likely N-dealkylation sites (tertiary alicyclic amines) is 1. The molecule has 0 saturated carbocycles. The molecule has 0 aromatic heterocycles. The molecule has 218 valence electrons. The van der Waals surface area contributed by atoms with Gasteiger partial charge >= 0.3 is 0 Å². The third kappa shape index (κ3) is 5.65. The summed E-state index contributed by atoms with van der Waals surface area (Å²) in [7, 11) is -1.28. The minimum absolute atomic E-state index is 0.0971. The van der Waals surface area contributed by atoms with E-state index in [1.807, 2.05) is 6.07 Å². The molecule has 2 saturated heterocycles. The van der Waals surface area contributed by atoms with Gasteiger partial charge in [0.2, 0.25) is 10.0 Å². The summed E-state index contributed by atoms with van der Waals surface area (Å²) < 4.78 is 35.9. The van der Waals surface area contributed by atoms with E-state index < -0.39 is 10.0 Å². The number of rotatable bonds is 5. The topological polar surface area (TPSA) is 49.9 Å². The van der Waals surface area contributed by atoms with Gasteiger partial charge in [0, 0.05) is 26.2 Å². The zero-order valence-corrected chi connectivity index (χ0v) is 26.2. The van der Waals surface area contributed by atoms with E-state index in [1.165, 1.54) is 36.0 Å². The minimum atomic E-state index is -3.55. The molecular weight excluding hydrogens is 504 g/mol. The van der Waals surface area contributed by atoms with E-state index in [2.05, 4.69) is 64.8 Å². The Kier molecular flexibility index (Phi) is 8.43. The van der Waals surface area contributed by atoms with Gasteiger partial charge < -0.3 is 9.64 Å². The Morgan fingerprint density at radius 2 is 1.92 bits per heavy atom. The van der Waals surface area contributed by atoms with Gasteiger partial charge in [-0.15, -0.1) is 0 Å². The highest BCUT2D eigenvalue weighted by molar-refractivity contribution is 7.89. The van der Waals surface area contributed by atoms with Crippen LogP contribution < -0.4 is 0 Å². The standard InChI is InChI=1S/C33H52N2O3S/c1-7-24(2)25-13-18-35(19-14-25)39(36,37)28-11-10-26-12-16-33(5,31-9-8-20-38-31)22-27-23-34(6)17-15-29(27)32(3,4)30(26)21-28/h10-11,13,21,24,27,29,31H,7-9,12,14-20,22-23H2,1-6H3. The van der Waals surface area contributed by atoms with Gasteiger partial charge in [-0.1, -0.05) is 52.3 Å². The second-order valence-electron chi connectivity index (χ2n) is 14.0. The van der Waals surface area contributed by atoms with Crippen molar-refractivity contribution >= 4 is 10.0 Å². The largest absolute Gasteiger partial charge is 0.378 e. The van der Waals surface area contributed by atoms with E-state index >= 15 is 0 Å². The predicted molar refractivity (Wildman–Crippen MR) is 159 cm³/mol. The van der Waals surface area contributed by atoms with E-state index in [9.17, 15) is 8.42 Å². The average Bonchev–Trinajstić information content (AvgIpc) is 3.48. The second-order valence-corrected chi connectivity index (χ2v) is 16.0. The predicted octanol–water partition coefficient (Wildman–Crippen LogP) is 6.42. The van der Waals surface area contributed by atoms with E-state index in [-0.39, 0.29) is 10.8 Å². The Morgan fingerprint density at radius 1 is 1.13 bits per heavy atom. The Bertz CT molecular complexity index is 1170. The van der Waals surface area contributed by atoms with Crippen molar-refractivity contribution in [3.63, 3.8) is 0 Å². The molecule has 0 radical (unpaired) electrons. The van der Waals surface area contributed by atoms with E-state index in [4.69, 9.17) is 4.74 Å². The van der Waals surface area contributed by atoms with Crippen molar-refractivity contribution in [3.8, 4) is 0 Å². The molecule has 39 heavy (non-hydrogen) atoms. The van der Waals surface area contributed by atoms with Crippen molar-refractivity contribution in [2.75, 3.05) is 39.8 Å². The Balaban J connectivity index is 1.51. The molecule has 2 fully saturated rings. The van der Waals surface area contributed by atoms with Gasteiger partial charge in [-0.25, -0.2) is 8.42 Å². The summed E-state index contributed by atoms with van der Waals surface area (Å²) >= 11 is 0. The number of ether oxygens (including phenoxy) is 1. The lowest BCUT2D eigenvalue weighted by atomic mass is 9.61. The quantitative estimate of drug-likeness (QED) is 0.393. The molecule has 5 unspecified atom stereocenters. The van der Waals surface area contributed by atoms with Crippen LogP contribution in [0.1, 0.15) is 90.7 Å². The molecular formula is C33H52N2O3S. The maximum Gasteiger partial charge on any atom is 0.243 e. The van der Waals surface area contributed by atoms with Crippen molar-refractivity contribution in [3.05, 3.63) is 41.0 Å². The first-order valence-electron chi connectivity index (χ1n) is 15.6. The van der Waals surface area contributed by atoms with Crippen LogP contribution in [-0.2, 0) is 26.6 Å². The molecule has 1 aliphatic carbocycles. The van der Waals surface area contributed by atoms with Crippen LogP contribution in [0.25, 0.3) is 0 Å². The fraction of sp³-hybridized carbons (Fsp3) is 0.758. The normalized spacial score (nSPS) is 33.3. The van der Waals surface area contributed by atoms with Crippen molar-refractivity contribution in [1.29, 1.82) is 0 Å². The van der Waals surface area contributed by atoms with Crippen molar-refractivity contribution < 1.29 is 13.2 Å². The average molecular weight is 557 g/mol. The van der Waals surface area contributed by atoms with Crippen LogP contribution in [-0.4, -0.2) is 63.6 Å². The third-order valence-electron chi connectivity index (χ3n) is 11.1. The summed E-state index contributed by atoms with van der Waals surface area (Å²) in [4.78, 5) is 2.98. The first-order valence-corrected chi connectivity index (χ1v) is 17.0. The highest BCUT2D eigenvalue weighted by Crippen LogP contribution is 2.51. The lowest BCUT2D eigenvalue weighted by Crippen LogP contribution is -2.48. The molecule has 6 heteroatoms. The Labute approximate surface area is 238 Å². The van der Waals surface area contributed by atoms with Gasteiger partial charge in [0.25, 0.3) is 0 Å². The minimum Gasteiger partial charge on any atom is -0.378 e. The van der Waals surface area contributed by atoms with E-state index in [0.717, 1.165) is 51.8 Å². The van der Waals surface area contributed by atoms with Gasteiger partial charge in [0.05, 0.1) is 11.0 Å². The van der Waals surface area contributed by atoms with Crippen LogP contribution in [0.5, 0.6) is 0 Å². The number of hydrogen-bond donors (Lipinski definition) is 0. The first-order chi connectivity index (χ1) is 18.5. The molecule has 0 spiro atoms. The highest BCUT2D eigenvalue weighted by atomic mass is 32.2. The Morgan fingerprint density at radius 3 is 2.59 bits per heavy atom. The molecule has 0 amide bonds. The summed E-state index contributed by atoms with van der Waals surface area (Å²) in [6.45, 7) is 15.9. The maximum absolute atomic E-state index is 13.9. The molecule has 5 nitrogen and oxygen atoms in total. The zero-order chi connectivity index (χ0) is 28.0. The number of fused-ring (bicyclic) bond motifs is 2. The number of benzene rings is 1. The number of hydrogen-bond acceptors (Lipinski definition) is 4. The van der Waals surface area contributed by atoms with Crippen LogP contribution in [0.15, 0.2) is 34.7 Å². The fourth-order valence-corrected chi connectivity index (χ4v) is 9.80. The zero-order valence-electron chi connectivity index (χ0n) is 25.3. The van der Waals surface area contributed by atoms with E-state index in [1.54, 1.807) is 4.31 Å². The summed E-state index contributed by atoms with van der Waals surface area (Å²) in [6.07, 6.45) is 11.2. The van der Waals surface area contributed by atoms with Crippen molar-refractivity contribution in [1.82, 2.24) is 9.21 Å². The molecule has 5 atom stereocenters. The molecule has 5 rings (SSSR count). The molecule has 4 aliphatic rings. The fourth-order valence-electron chi connectivity index (χ4n) is 8.39. The first kappa shape index (κ1) is 29.3. The van der Waals surface area contributed by atoms with Crippen LogP contribution >= 0.6 is 0 Å². The smallest absolute Gasteiger partial charge is 0.243 e. The highest BCUT2D eigenvalue weighted by Gasteiger charge is 2.47. The maximum atomic E-state index is 13.9. The third-order valence-corrected chi connectivity index (χ3v) is 13.0. The molecule has 1 aromatic carbocycles. The lowest BCUT2D eigenvalue weighted by Gasteiger charge is -2.48. The second kappa shape index (κ2) is 11.2. The van der Waals surface area contributed by atoms with Gasteiger partial charge in [0.15, 0.2) is 0 Å². The van der Waals surface area contributed by atoms with Crippen LogP contribution in [0, 0.1) is 23.2 Å². The van der Waals surface area contributed by atoms with Crippen LogP contribution in [0.4, 0.5) is 0 Å². The van der Waals surface area contributed by atoms with Gasteiger partial charge in [-0.3, -0.25) is 0 Å². The molecule has 3 aliphatic heterocycles. The SMILES string of the molecule is CCC(C)C1=CCN(S(=O)(=O)c2ccc3c(c2)C(C)(C)C2CCN(C)CC2CC(C)(C2CCCO2)CC3)CC1. The van der Waals surface area contributed by atoms with Crippen molar-refractivity contribution in [2.45, 2.75) is 102 Å². The number of nitrogens with zero attached hydrogens (tertiary/aromatic N) is 2. The summed E-state index contributed by atoms with van der Waals surface area (Å²) in [5.41, 5.74) is 4.04. The summed E-state index contributed by atoms with van der Waals surface area (Å²) in [6, 6.07) is 6.12. The monoisotopic (exact) mass is 556 g/mol. The Hall–Kier alpha value is -1.21. The van der Waals surface area contributed by atoms with Gasteiger partial charge in [-0.2, -0.15) is 4.31 Å².